The van der Waals surface area contributed by atoms with Crippen molar-refractivity contribution in [3.8, 4) is 11.6 Å². The largest absolute Gasteiger partial charge is 0.461 e. The van der Waals surface area contributed by atoms with Crippen LogP contribution in [0.25, 0.3) is 33.5 Å². The van der Waals surface area contributed by atoms with E-state index in [2.05, 4.69) is 20.3 Å². The molecule has 5 rings (SSSR count). The van der Waals surface area contributed by atoms with E-state index in [4.69, 9.17) is 4.42 Å². The lowest BCUT2D eigenvalue weighted by Crippen LogP contribution is -2.13. The number of hydrogen-bond donors (Lipinski definition) is 2. The van der Waals surface area contributed by atoms with E-state index in [9.17, 15) is 4.79 Å². The molecule has 5 aromatic rings. The number of carbonyl (C=O) groups excluding carboxylic acids is 1. The van der Waals surface area contributed by atoms with Gasteiger partial charge in [0.15, 0.2) is 11.6 Å². The zero-order valence-corrected chi connectivity index (χ0v) is 14.1. The van der Waals surface area contributed by atoms with Crippen LogP contribution in [0, 0.1) is 0 Å². The van der Waals surface area contributed by atoms with Crippen LogP contribution >= 0.6 is 0 Å². The van der Waals surface area contributed by atoms with Crippen molar-refractivity contribution in [3.05, 3.63) is 78.7 Å². The average molecular weight is 354 g/mol. The third kappa shape index (κ3) is 2.83. The van der Waals surface area contributed by atoms with Gasteiger partial charge in [-0.2, -0.15) is 0 Å². The van der Waals surface area contributed by atoms with Gasteiger partial charge in [-0.3, -0.25) is 4.79 Å². The minimum Gasteiger partial charge on any atom is -0.461 e. The second-order valence-corrected chi connectivity index (χ2v) is 6.14. The number of imidazole rings is 1. The molecule has 0 atom stereocenters. The van der Waals surface area contributed by atoms with E-state index >= 15 is 0 Å². The molecule has 130 valence electrons. The van der Waals surface area contributed by atoms with Crippen LogP contribution in [-0.4, -0.2) is 20.9 Å². The van der Waals surface area contributed by atoms with Gasteiger partial charge in [-0.05, 0) is 42.5 Å². The van der Waals surface area contributed by atoms with Gasteiger partial charge in [0.1, 0.15) is 5.69 Å². The van der Waals surface area contributed by atoms with Gasteiger partial charge in [-0.1, -0.05) is 24.3 Å². The molecule has 0 spiro atoms. The van der Waals surface area contributed by atoms with E-state index in [-0.39, 0.29) is 5.91 Å². The number of benzene rings is 2. The number of aromatic amines is 1. The second-order valence-electron chi connectivity index (χ2n) is 6.14. The number of para-hydroxylation sites is 1. The summed E-state index contributed by atoms with van der Waals surface area (Å²) < 4.78 is 5.37. The predicted octanol–water partition coefficient (Wildman–Crippen LogP) is 4.62. The minimum atomic E-state index is -0.258. The summed E-state index contributed by atoms with van der Waals surface area (Å²) >= 11 is 0. The predicted molar refractivity (Wildman–Crippen MR) is 103 cm³/mol. The Kier molecular flexibility index (Phi) is 3.47. The van der Waals surface area contributed by atoms with E-state index < -0.39 is 0 Å². The Morgan fingerprint density at radius 1 is 0.926 bits per heavy atom. The maximum absolute atomic E-state index is 12.6. The maximum Gasteiger partial charge on any atom is 0.274 e. The molecular weight excluding hydrogens is 340 g/mol. The molecule has 2 aromatic carbocycles. The number of rotatable bonds is 3. The van der Waals surface area contributed by atoms with Crippen molar-refractivity contribution in [2.24, 2.45) is 0 Å². The molecule has 0 saturated heterocycles. The fourth-order valence-corrected chi connectivity index (χ4v) is 3.00. The summed E-state index contributed by atoms with van der Waals surface area (Å²) in [6.45, 7) is 0. The van der Waals surface area contributed by atoms with Crippen LogP contribution in [0.5, 0.6) is 0 Å². The van der Waals surface area contributed by atoms with Crippen LogP contribution in [0.2, 0.25) is 0 Å². The third-order valence-corrected chi connectivity index (χ3v) is 4.33. The normalized spacial score (nSPS) is 11.1. The smallest absolute Gasteiger partial charge is 0.274 e. The maximum atomic E-state index is 12.6. The molecule has 0 fully saturated rings. The van der Waals surface area contributed by atoms with Crippen LogP contribution in [0.3, 0.4) is 0 Å². The topological polar surface area (TPSA) is 83.8 Å². The average Bonchev–Trinajstić information content (AvgIpc) is 3.36. The van der Waals surface area contributed by atoms with Gasteiger partial charge in [0.05, 0.1) is 22.8 Å². The summed E-state index contributed by atoms with van der Waals surface area (Å²) in [4.78, 5) is 24.7. The van der Waals surface area contributed by atoms with Crippen LogP contribution < -0.4 is 5.32 Å². The molecule has 0 aliphatic carbocycles. The lowest BCUT2D eigenvalue weighted by atomic mass is 10.2. The Labute approximate surface area is 153 Å². The number of anilines is 1. The number of aromatic nitrogens is 3. The van der Waals surface area contributed by atoms with E-state index in [1.54, 1.807) is 12.3 Å². The molecule has 1 amide bonds. The van der Waals surface area contributed by atoms with Gasteiger partial charge in [-0.15, -0.1) is 0 Å². The number of furan rings is 1. The van der Waals surface area contributed by atoms with Crippen molar-refractivity contribution in [1.29, 1.82) is 0 Å². The first kappa shape index (κ1) is 15.3. The zero-order chi connectivity index (χ0) is 18.2. The summed E-state index contributed by atoms with van der Waals surface area (Å²) in [5.41, 5.74) is 3.43. The minimum absolute atomic E-state index is 0.258. The molecule has 0 radical (unpaired) electrons. The summed E-state index contributed by atoms with van der Waals surface area (Å²) in [6.07, 6.45) is 1.60. The quantitative estimate of drug-likeness (QED) is 0.495. The molecule has 0 aliphatic heterocycles. The van der Waals surface area contributed by atoms with Gasteiger partial charge in [0.2, 0.25) is 0 Å². The van der Waals surface area contributed by atoms with Crippen molar-refractivity contribution in [2.75, 3.05) is 5.32 Å². The molecule has 6 heteroatoms. The molecular formula is C21H14N4O2. The summed E-state index contributed by atoms with van der Waals surface area (Å²) in [5, 5.41) is 3.88. The summed E-state index contributed by atoms with van der Waals surface area (Å²) in [5.74, 6) is 1.05. The van der Waals surface area contributed by atoms with Gasteiger partial charge >= 0.3 is 0 Å². The van der Waals surface area contributed by atoms with Crippen LogP contribution in [0.4, 0.5) is 5.69 Å². The molecule has 0 aliphatic rings. The van der Waals surface area contributed by atoms with Crippen molar-refractivity contribution in [1.82, 2.24) is 15.0 Å². The zero-order valence-electron chi connectivity index (χ0n) is 14.1. The number of pyridine rings is 1. The monoisotopic (exact) mass is 354 g/mol. The van der Waals surface area contributed by atoms with E-state index in [0.29, 0.717) is 23.0 Å². The molecule has 2 N–H and O–H groups in total. The first-order chi connectivity index (χ1) is 13.3. The SMILES string of the molecule is O=C(Nc1ccc2nc(-c3ccco3)[nH]c2c1)c1ccc2ccccc2n1. The summed E-state index contributed by atoms with van der Waals surface area (Å²) in [6, 6.07) is 20.5. The number of nitrogens with one attached hydrogen (secondary N) is 2. The lowest BCUT2D eigenvalue weighted by Gasteiger charge is -2.05. The Morgan fingerprint density at radius 3 is 2.74 bits per heavy atom. The molecule has 0 bridgehead atoms. The molecule has 0 unspecified atom stereocenters. The highest BCUT2D eigenvalue weighted by Crippen LogP contribution is 2.23. The lowest BCUT2D eigenvalue weighted by molar-refractivity contribution is 0.102. The Bertz CT molecular complexity index is 1270. The van der Waals surface area contributed by atoms with Gasteiger partial charge < -0.3 is 14.7 Å². The number of carbonyl (C=O) groups is 1. The van der Waals surface area contributed by atoms with Crippen LogP contribution in [-0.2, 0) is 0 Å². The molecule has 3 aromatic heterocycles. The van der Waals surface area contributed by atoms with Crippen molar-refractivity contribution < 1.29 is 9.21 Å². The molecule has 27 heavy (non-hydrogen) atoms. The Hall–Kier alpha value is -3.93. The number of amides is 1. The van der Waals surface area contributed by atoms with Crippen LogP contribution in [0.15, 0.2) is 77.4 Å². The second kappa shape index (κ2) is 6.10. The van der Waals surface area contributed by atoms with Crippen molar-refractivity contribution in [3.63, 3.8) is 0 Å². The van der Waals surface area contributed by atoms with E-state index in [0.717, 1.165) is 21.9 Å². The number of nitrogens with zero attached hydrogens (tertiary/aromatic N) is 2. The number of H-pyrrole nitrogens is 1. The molecule has 6 nitrogen and oxygen atoms in total. The van der Waals surface area contributed by atoms with Crippen molar-refractivity contribution in [2.45, 2.75) is 0 Å². The highest BCUT2D eigenvalue weighted by atomic mass is 16.3. The Balaban J connectivity index is 1.43. The first-order valence-corrected chi connectivity index (χ1v) is 8.47. The van der Waals surface area contributed by atoms with Crippen molar-refractivity contribution >= 4 is 33.5 Å². The molecule has 3 heterocycles. The summed E-state index contributed by atoms with van der Waals surface area (Å²) in [7, 11) is 0. The standard InChI is InChI=1S/C21H14N4O2/c26-21(17-9-7-13-4-1-2-5-15(13)23-17)22-14-8-10-16-18(12-14)25-20(24-16)19-6-3-11-27-19/h1-12H,(H,22,26)(H,24,25). The fourth-order valence-electron chi connectivity index (χ4n) is 3.00. The Morgan fingerprint density at radius 2 is 1.85 bits per heavy atom. The van der Waals surface area contributed by atoms with Crippen LogP contribution in [0.1, 0.15) is 10.5 Å². The van der Waals surface area contributed by atoms with Gasteiger partial charge in [-0.25, -0.2) is 9.97 Å². The van der Waals surface area contributed by atoms with Gasteiger partial charge in [0.25, 0.3) is 5.91 Å². The van der Waals surface area contributed by atoms with E-state index in [1.165, 1.54) is 0 Å². The number of hydrogen-bond acceptors (Lipinski definition) is 4. The van der Waals surface area contributed by atoms with E-state index in [1.807, 2.05) is 60.7 Å². The highest BCUT2D eigenvalue weighted by Gasteiger charge is 2.11. The first-order valence-electron chi connectivity index (χ1n) is 8.47. The third-order valence-electron chi connectivity index (χ3n) is 4.33. The fraction of sp³-hybridized carbons (Fsp3) is 0. The number of fused-ring (bicyclic) bond motifs is 2. The van der Waals surface area contributed by atoms with Gasteiger partial charge in [0, 0.05) is 11.1 Å². The molecule has 0 saturated carbocycles. The highest BCUT2D eigenvalue weighted by molar-refractivity contribution is 6.04.